The quantitative estimate of drug-likeness (QED) is 0.738. The molecule has 0 bridgehead atoms. The van der Waals surface area contributed by atoms with Gasteiger partial charge in [0, 0.05) is 18.6 Å². The van der Waals surface area contributed by atoms with E-state index in [9.17, 15) is 9.90 Å². The highest BCUT2D eigenvalue weighted by atomic mass is 16.5. The highest BCUT2D eigenvalue weighted by Gasteiger charge is 2.33. The Labute approximate surface area is 118 Å². The number of rotatable bonds is 5. The van der Waals surface area contributed by atoms with Crippen molar-refractivity contribution in [2.75, 3.05) is 13.2 Å². The average Bonchev–Trinajstić information content (AvgIpc) is 2.78. The number of carbonyl (C=O) groups is 1. The van der Waals surface area contributed by atoms with Gasteiger partial charge >= 0.3 is 0 Å². The number of amides is 1. The van der Waals surface area contributed by atoms with Crippen LogP contribution in [0.4, 0.5) is 0 Å². The van der Waals surface area contributed by atoms with Crippen LogP contribution in [0, 0.1) is 12.8 Å². The maximum Gasteiger partial charge on any atom is 0.258 e. The molecule has 0 aromatic heterocycles. The van der Waals surface area contributed by atoms with E-state index >= 15 is 0 Å². The Hall–Kier alpha value is -1.59. The van der Waals surface area contributed by atoms with Gasteiger partial charge in [0.25, 0.3) is 5.91 Å². The number of aliphatic hydroxyl groups is 2. The molecule has 110 valence electrons. The summed E-state index contributed by atoms with van der Waals surface area (Å²) in [4.78, 5) is 11.8. The molecule has 1 aliphatic carbocycles. The highest BCUT2D eigenvalue weighted by Crippen LogP contribution is 2.25. The third-order valence-electron chi connectivity index (χ3n) is 3.65. The first-order chi connectivity index (χ1) is 9.58. The van der Waals surface area contributed by atoms with Gasteiger partial charge in [-0.25, -0.2) is 0 Å². The lowest BCUT2D eigenvalue weighted by Gasteiger charge is -2.13. The van der Waals surface area contributed by atoms with Gasteiger partial charge in [-0.3, -0.25) is 4.79 Å². The minimum Gasteiger partial charge on any atom is -0.484 e. The Balaban J connectivity index is 1.74. The molecule has 0 aliphatic heterocycles. The predicted octanol–water partition coefficient (Wildman–Crippen LogP) is 0.622. The van der Waals surface area contributed by atoms with Gasteiger partial charge in [0.2, 0.25) is 0 Å². The molecule has 20 heavy (non-hydrogen) atoms. The molecule has 3 atom stereocenters. The first-order valence-electron chi connectivity index (χ1n) is 6.86. The third kappa shape index (κ3) is 3.95. The minimum absolute atomic E-state index is 0.0422. The second kappa shape index (κ2) is 6.72. The van der Waals surface area contributed by atoms with Crippen LogP contribution in [-0.4, -0.2) is 41.5 Å². The summed E-state index contributed by atoms with van der Waals surface area (Å²) in [5.41, 5.74) is 1.14. The van der Waals surface area contributed by atoms with Crippen molar-refractivity contribution in [3.8, 4) is 5.75 Å². The number of hydrogen-bond acceptors (Lipinski definition) is 4. The van der Waals surface area contributed by atoms with Gasteiger partial charge in [0.05, 0.1) is 6.10 Å². The van der Waals surface area contributed by atoms with Crippen LogP contribution < -0.4 is 10.1 Å². The van der Waals surface area contributed by atoms with Gasteiger partial charge in [-0.1, -0.05) is 17.7 Å². The zero-order valence-electron chi connectivity index (χ0n) is 11.6. The van der Waals surface area contributed by atoms with Crippen molar-refractivity contribution in [2.24, 2.45) is 5.92 Å². The second-order valence-corrected chi connectivity index (χ2v) is 5.35. The lowest BCUT2D eigenvalue weighted by molar-refractivity contribution is -0.123. The Bertz CT molecular complexity index is 446. The van der Waals surface area contributed by atoms with Crippen molar-refractivity contribution in [1.82, 2.24) is 5.32 Å². The van der Waals surface area contributed by atoms with E-state index in [0.29, 0.717) is 18.6 Å². The van der Waals surface area contributed by atoms with Crippen molar-refractivity contribution in [3.63, 3.8) is 0 Å². The van der Waals surface area contributed by atoms with E-state index in [-0.39, 0.29) is 31.1 Å². The molecule has 0 saturated heterocycles. The Kier molecular flexibility index (Phi) is 4.98. The fourth-order valence-corrected chi connectivity index (χ4v) is 2.47. The predicted molar refractivity (Wildman–Crippen MR) is 74.4 cm³/mol. The first kappa shape index (κ1) is 14.8. The second-order valence-electron chi connectivity index (χ2n) is 5.35. The molecular weight excluding hydrogens is 258 g/mol. The molecule has 0 heterocycles. The molecule has 2 rings (SSSR count). The standard InChI is InChI=1S/C15H21NO4/c1-10-2-4-13(5-3-10)20-9-15(19)16-12-6-11(8-17)14(18)7-12/h2-5,11-12,14,17-18H,6-9H2,1H3,(H,16,19). The summed E-state index contributed by atoms with van der Waals surface area (Å²) in [6.07, 6.45) is 0.554. The molecule has 0 spiro atoms. The monoisotopic (exact) mass is 279 g/mol. The molecule has 5 heteroatoms. The van der Waals surface area contributed by atoms with Crippen molar-refractivity contribution >= 4 is 5.91 Å². The number of aliphatic hydroxyl groups excluding tert-OH is 2. The molecule has 3 unspecified atom stereocenters. The molecule has 1 fully saturated rings. The van der Waals surface area contributed by atoms with E-state index in [1.807, 2.05) is 31.2 Å². The van der Waals surface area contributed by atoms with E-state index in [4.69, 9.17) is 9.84 Å². The maximum absolute atomic E-state index is 11.8. The van der Waals surface area contributed by atoms with E-state index < -0.39 is 6.10 Å². The molecule has 1 amide bonds. The summed E-state index contributed by atoms with van der Waals surface area (Å²) in [5, 5.41) is 21.5. The SMILES string of the molecule is Cc1ccc(OCC(=O)NC2CC(O)C(CO)C2)cc1. The summed E-state index contributed by atoms with van der Waals surface area (Å²) >= 11 is 0. The van der Waals surface area contributed by atoms with Crippen molar-refractivity contribution in [1.29, 1.82) is 0 Å². The lowest BCUT2D eigenvalue weighted by Crippen LogP contribution is -2.36. The van der Waals surface area contributed by atoms with Gasteiger partial charge in [0.15, 0.2) is 6.61 Å². The zero-order chi connectivity index (χ0) is 14.5. The highest BCUT2D eigenvalue weighted by molar-refractivity contribution is 5.77. The van der Waals surface area contributed by atoms with Crippen LogP contribution in [-0.2, 0) is 4.79 Å². The fraction of sp³-hybridized carbons (Fsp3) is 0.533. The van der Waals surface area contributed by atoms with Crippen LogP contribution in [0.5, 0.6) is 5.75 Å². The number of hydrogen-bond donors (Lipinski definition) is 3. The third-order valence-corrected chi connectivity index (χ3v) is 3.65. The van der Waals surface area contributed by atoms with Gasteiger partial charge in [-0.15, -0.1) is 0 Å². The fourth-order valence-electron chi connectivity index (χ4n) is 2.47. The molecular formula is C15H21NO4. The van der Waals surface area contributed by atoms with Gasteiger partial charge < -0.3 is 20.3 Å². The van der Waals surface area contributed by atoms with E-state index in [2.05, 4.69) is 5.32 Å². The molecule has 1 aromatic rings. The topological polar surface area (TPSA) is 78.8 Å². The number of aryl methyl sites for hydroxylation is 1. The van der Waals surface area contributed by atoms with Gasteiger partial charge in [-0.2, -0.15) is 0 Å². The molecule has 0 radical (unpaired) electrons. The summed E-state index contributed by atoms with van der Waals surface area (Å²) in [7, 11) is 0. The molecule has 1 saturated carbocycles. The number of ether oxygens (including phenoxy) is 1. The largest absolute Gasteiger partial charge is 0.484 e. The maximum atomic E-state index is 11.8. The number of benzene rings is 1. The van der Waals surface area contributed by atoms with Crippen LogP contribution in [0.25, 0.3) is 0 Å². The molecule has 3 N–H and O–H groups in total. The summed E-state index contributed by atoms with van der Waals surface area (Å²) < 4.78 is 5.39. The Morgan fingerprint density at radius 1 is 1.35 bits per heavy atom. The average molecular weight is 279 g/mol. The van der Waals surface area contributed by atoms with Crippen LogP contribution in [0.15, 0.2) is 24.3 Å². The van der Waals surface area contributed by atoms with Crippen LogP contribution in [0.2, 0.25) is 0 Å². The van der Waals surface area contributed by atoms with Gasteiger partial charge in [0.1, 0.15) is 5.75 Å². The van der Waals surface area contributed by atoms with Crippen LogP contribution in [0.3, 0.4) is 0 Å². The summed E-state index contributed by atoms with van der Waals surface area (Å²) in [6.45, 7) is 1.90. The number of nitrogens with one attached hydrogen (secondary N) is 1. The molecule has 1 aromatic carbocycles. The first-order valence-corrected chi connectivity index (χ1v) is 6.86. The molecule has 1 aliphatic rings. The summed E-state index contributed by atoms with van der Waals surface area (Å²) in [6, 6.07) is 7.41. The zero-order valence-corrected chi connectivity index (χ0v) is 11.6. The number of carbonyl (C=O) groups excluding carboxylic acids is 1. The van der Waals surface area contributed by atoms with Gasteiger partial charge in [-0.05, 0) is 31.9 Å². The molecule has 5 nitrogen and oxygen atoms in total. The Morgan fingerprint density at radius 2 is 2.05 bits per heavy atom. The van der Waals surface area contributed by atoms with E-state index in [1.54, 1.807) is 0 Å². The Morgan fingerprint density at radius 3 is 2.65 bits per heavy atom. The van der Waals surface area contributed by atoms with Crippen molar-refractivity contribution in [2.45, 2.75) is 31.9 Å². The van der Waals surface area contributed by atoms with Crippen molar-refractivity contribution in [3.05, 3.63) is 29.8 Å². The lowest BCUT2D eigenvalue weighted by atomic mass is 10.1. The smallest absolute Gasteiger partial charge is 0.258 e. The van der Waals surface area contributed by atoms with Crippen LogP contribution >= 0.6 is 0 Å². The normalized spacial score (nSPS) is 25.4. The van der Waals surface area contributed by atoms with E-state index in [0.717, 1.165) is 5.56 Å². The summed E-state index contributed by atoms with van der Waals surface area (Å²) in [5.74, 6) is 0.310. The van der Waals surface area contributed by atoms with Crippen LogP contribution in [0.1, 0.15) is 18.4 Å². The van der Waals surface area contributed by atoms with E-state index in [1.165, 1.54) is 0 Å². The minimum atomic E-state index is -0.539. The van der Waals surface area contributed by atoms with Crippen molar-refractivity contribution < 1.29 is 19.7 Å².